The number of aliphatic carboxylic acids is 1. The van der Waals surface area contributed by atoms with Crippen molar-refractivity contribution in [1.82, 2.24) is 0 Å². The number of carboxylic acid groups (broad SMARTS) is 1. The van der Waals surface area contributed by atoms with E-state index in [1.54, 1.807) is 0 Å². The molecule has 1 rings (SSSR count). The fraction of sp³-hybridized carbons (Fsp3) is 0.836. The molecule has 0 spiro atoms. The Labute approximate surface area is 520 Å². The van der Waals surface area contributed by atoms with E-state index in [2.05, 4.69) is 69.4 Å². The summed E-state index contributed by atoms with van der Waals surface area (Å²) < 4.78 is 28.6. The predicted octanol–water partition coefficient (Wildman–Crippen LogP) is 19.7. The van der Waals surface area contributed by atoms with Crippen LogP contribution in [0.2, 0.25) is 0 Å². The molecule has 0 aromatic heterocycles. The molecule has 0 amide bonds. The maximum atomic E-state index is 13.3. The van der Waals surface area contributed by atoms with E-state index in [4.69, 9.17) is 23.7 Å². The number of carbonyl (C=O) groups excluding carboxylic acids is 3. The SMILES string of the molecule is CC/C=C\C/C=C\C/C=C\C/C=C\CCCCCCC(=O)OC1C(OCC(COC(=O)CCCCCCCCCCCCCCCCCCCCC)OC(=O)CCCCCCCCCCCCCCCCCCCCC)OC(C(=O)O)C(O)C1O. The van der Waals surface area contributed by atoms with E-state index in [9.17, 15) is 34.5 Å². The summed E-state index contributed by atoms with van der Waals surface area (Å²) in [5.41, 5.74) is 0. The van der Waals surface area contributed by atoms with Crippen molar-refractivity contribution in [3.05, 3.63) is 48.6 Å². The van der Waals surface area contributed by atoms with Gasteiger partial charge in [0.2, 0.25) is 0 Å². The third-order valence-corrected chi connectivity index (χ3v) is 16.4. The lowest BCUT2D eigenvalue weighted by Crippen LogP contribution is -2.61. The molecule has 1 aliphatic heterocycles. The summed E-state index contributed by atoms with van der Waals surface area (Å²) in [6.07, 6.45) is 63.5. The molecule has 0 bridgehead atoms. The van der Waals surface area contributed by atoms with E-state index >= 15 is 0 Å². The van der Waals surface area contributed by atoms with E-state index in [1.807, 2.05) is 0 Å². The summed E-state index contributed by atoms with van der Waals surface area (Å²) in [4.78, 5) is 51.5. The first-order chi connectivity index (χ1) is 41.6. The number of aliphatic hydroxyl groups is 2. The van der Waals surface area contributed by atoms with Crippen molar-refractivity contribution >= 4 is 23.9 Å². The topological polar surface area (TPSA) is 175 Å². The molecule has 1 saturated heterocycles. The van der Waals surface area contributed by atoms with Gasteiger partial charge in [0.25, 0.3) is 0 Å². The molecule has 6 unspecified atom stereocenters. The zero-order valence-corrected chi connectivity index (χ0v) is 54.9. The standard InChI is InChI=1S/C73H130O12/c1-4-7-10-13-16-19-22-25-28-31-33-36-38-41-44-47-50-53-56-59-65(74)81-62-64(83-66(75)60-57-54-51-48-45-42-40-37-34-32-29-26-23-20-17-14-11-8-5-2)63-82-73-71(69(78)68(77)70(85-73)72(79)80)84-67(76)61-58-55-52-49-46-43-39-35-30-27-24-21-18-15-12-9-6-3/h9,12,18,21,27,30,39,43,64,68-71,73,77-78H,4-8,10-11,13-17,19-20,22-26,28-29,31-38,40-42,44-63H2,1-3H3,(H,79,80)/b12-9-,21-18-,30-27-,43-39-. The molecule has 0 aromatic rings. The molecule has 85 heavy (non-hydrogen) atoms. The number of rotatable bonds is 62. The van der Waals surface area contributed by atoms with E-state index in [0.717, 1.165) is 89.9 Å². The minimum atomic E-state index is -1.91. The molecular formula is C73H130O12. The summed E-state index contributed by atoms with van der Waals surface area (Å²) >= 11 is 0. The van der Waals surface area contributed by atoms with Crippen LogP contribution in [0.1, 0.15) is 342 Å². The molecule has 0 radical (unpaired) electrons. The number of hydrogen-bond acceptors (Lipinski definition) is 11. The molecule has 1 heterocycles. The number of carboxylic acids is 1. The first-order valence-corrected chi connectivity index (χ1v) is 35.6. The average molecular weight is 1200 g/mol. The van der Waals surface area contributed by atoms with Crippen LogP contribution in [0.25, 0.3) is 0 Å². The van der Waals surface area contributed by atoms with Crippen molar-refractivity contribution < 1.29 is 58.2 Å². The number of aliphatic hydroxyl groups excluding tert-OH is 2. The highest BCUT2D eigenvalue weighted by Crippen LogP contribution is 2.27. The maximum Gasteiger partial charge on any atom is 0.335 e. The van der Waals surface area contributed by atoms with Gasteiger partial charge in [-0.25, -0.2) is 4.79 Å². The van der Waals surface area contributed by atoms with Crippen molar-refractivity contribution in [3.63, 3.8) is 0 Å². The normalized spacial score (nSPS) is 17.7. The molecule has 0 aliphatic carbocycles. The molecule has 12 nitrogen and oxygen atoms in total. The highest BCUT2D eigenvalue weighted by atomic mass is 16.7. The van der Waals surface area contributed by atoms with Gasteiger partial charge in [-0.05, 0) is 57.8 Å². The Bertz CT molecular complexity index is 1660. The number of unbranched alkanes of at least 4 members (excludes halogenated alkanes) is 40. The Morgan fingerprint density at radius 3 is 1.13 bits per heavy atom. The minimum absolute atomic E-state index is 0.0353. The lowest BCUT2D eigenvalue weighted by molar-refractivity contribution is -0.301. The summed E-state index contributed by atoms with van der Waals surface area (Å²) in [6, 6.07) is 0. The molecule has 0 saturated carbocycles. The van der Waals surface area contributed by atoms with Crippen LogP contribution in [0, 0.1) is 0 Å². The van der Waals surface area contributed by atoms with Crippen LogP contribution >= 0.6 is 0 Å². The Kier molecular flexibility index (Phi) is 57.1. The Balaban J connectivity index is 2.62. The van der Waals surface area contributed by atoms with Gasteiger partial charge in [-0.1, -0.05) is 313 Å². The van der Waals surface area contributed by atoms with Gasteiger partial charge in [0, 0.05) is 19.3 Å². The predicted molar refractivity (Wildman–Crippen MR) is 349 cm³/mol. The third kappa shape index (κ3) is 50.3. The highest BCUT2D eigenvalue weighted by Gasteiger charge is 2.50. The zero-order chi connectivity index (χ0) is 61.7. The van der Waals surface area contributed by atoms with Gasteiger partial charge < -0.3 is 39.0 Å². The van der Waals surface area contributed by atoms with Crippen LogP contribution in [0.5, 0.6) is 0 Å². The van der Waals surface area contributed by atoms with Gasteiger partial charge >= 0.3 is 23.9 Å². The van der Waals surface area contributed by atoms with Crippen molar-refractivity contribution in [1.29, 1.82) is 0 Å². The first-order valence-electron chi connectivity index (χ1n) is 35.6. The maximum absolute atomic E-state index is 13.3. The minimum Gasteiger partial charge on any atom is -0.479 e. The highest BCUT2D eigenvalue weighted by molar-refractivity contribution is 5.74. The van der Waals surface area contributed by atoms with Gasteiger partial charge in [0.05, 0.1) is 6.61 Å². The van der Waals surface area contributed by atoms with Crippen LogP contribution in [0.4, 0.5) is 0 Å². The van der Waals surface area contributed by atoms with Crippen LogP contribution in [-0.2, 0) is 42.9 Å². The van der Waals surface area contributed by atoms with Crippen LogP contribution in [0.3, 0.4) is 0 Å². The van der Waals surface area contributed by atoms with Crippen molar-refractivity contribution in [2.24, 2.45) is 0 Å². The number of esters is 3. The van der Waals surface area contributed by atoms with Gasteiger partial charge in [-0.3, -0.25) is 14.4 Å². The first kappa shape index (κ1) is 79.7. The van der Waals surface area contributed by atoms with Crippen LogP contribution in [-0.4, -0.2) is 89.2 Å². The number of ether oxygens (including phenoxy) is 5. The smallest absolute Gasteiger partial charge is 0.335 e. The zero-order valence-electron chi connectivity index (χ0n) is 54.9. The van der Waals surface area contributed by atoms with E-state index in [1.165, 1.54) is 193 Å². The molecule has 1 fully saturated rings. The van der Waals surface area contributed by atoms with E-state index in [0.29, 0.717) is 19.3 Å². The molecule has 6 atom stereocenters. The summed E-state index contributed by atoms with van der Waals surface area (Å²) in [7, 11) is 0. The van der Waals surface area contributed by atoms with Crippen molar-refractivity contribution in [2.75, 3.05) is 13.2 Å². The lowest BCUT2D eigenvalue weighted by Gasteiger charge is -2.40. The summed E-state index contributed by atoms with van der Waals surface area (Å²) in [5, 5.41) is 31.7. The second-order valence-corrected chi connectivity index (χ2v) is 24.5. The fourth-order valence-electron chi connectivity index (χ4n) is 11.0. The molecule has 3 N–H and O–H groups in total. The van der Waals surface area contributed by atoms with Crippen LogP contribution < -0.4 is 0 Å². The molecule has 1 aliphatic rings. The second kappa shape index (κ2) is 60.9. The van der Waals surface area contributed by atoms with Gasteiger partial charge in [-0.2, -0.15) is 0 Å². The van der Waals surface area contributed by atoms with Gasteiger partial charge in [0.15, 0.2) is 24.6 Å². The summed E-state index contributed by atoms with van der Waals surface area (Å²) in [5.74, 6) is -3.11. The van der Waals surface area contributed by atoms with E-state index in [-0.39, 0.29) is 25.9 Å². The van der Waals surface area contributed by atoms with Crippen molar-refractivity contribution in [2.45, 2.75) is 379 Å². The Morgan fingerprint density at radius 2 is 0.741 bits per heavy atom. The quantitative estimate of drug-likeness (QED) is 0.0228. The Hall–Kier alpha value is -3.32. The fourth-order valence-corrected chi connectivity index (χ4v) is 11.0. The van der Waals surface area contributed by atoms with Crippen LogP contribution in [0.15, 0.2) is 48.6 Å². The van der Waals surface area contributed by atoms with Crippen molar-refractivity contribution in [3.8, 4) is 0 Å². The third-order valence-electron chi connectivity index (χ3n) is 16.4. The van der Waals surface area contributed by atoms with Gasteiger partial charge in [0.1, 0.15) is 18.8 Å². The Morgan fingerprint density at radius 1 is 0.400 bits per heavy atom. The molecular weight excluding hydrogens is 1070 g/mol. The summed E-state index contributed by atoms with van der Waals surface area (Å²) in [6.45, 7) is 5.95. The average Bonchev–Trinajstić information content (AvgIpc) is 2.83. The van der Waals surface area contributed by atoms with Gasteiger partial charge in [-0.15, -0.1) is 0 Å². The second-order valence-electron chi connectivity index (χ2n) is 24.5. The van der Waals surface area contributed by atoms with E-state index < -0.39 is 67.3 Å². The monoisotopic (exact) mass is 1200 g/mol. The number of allylic oxidation sites excluding steroid dienone is 8. The molecule has 12 heteroatoms. The molecule has 0 aromatic carbocycles. The lowest BCUT2D eigenvalue weighted by atomic mass is 9.98. The number of carbonyl (C=O) groups is 4. The number of hydrogen-bond donors (Lipinski definition) is 3. The largest absolute Gasteiger partial charge is 0.479 e. The molecule has 494 valence electrons.